The zero-order valence-electron chi connectivity index (χ0n) is 19.9. The van der Waals surface area contributed by atoms with Gasteiger partial charge in [-0.1, -0.05) is 6.07 Å². The molecule has 13 heteroatoms. The van der Waals surface area contributed by atoms with Crippen molar-refractivity contribution in [3.05, 3.63) is 61.7 Å². The van der Waals surface area contributed by atoms with Crippen molar-refractivity contribution in [3.63, 3.8) is 0 Å². The lowest BCUT2D eigenvalue weighted by molar-refractivity contribution is -0.139. The van der Waals surface area contributed by atoms with Crippen LogP contribution in [0.3, 0.4) is 0 Å². The fourth-order valence-corrected chi connectivity index (χ4v) is 5.33. The lowest BCUT2D eigenvalue weighted by Gasteiger charge is -2.35. The van der Waals surface area contributed by atoms with Gasteiger partial charge in [0.25, 0.3) is 0 Å². The number of hydrogen-bond donors (Lipinski definition) is 2. The molecular weight excluding hydrogens is 574 g/mol. The Balaban J connectivity index is 1.74. The number of aliphatic carboxylic acids is 1. The van der Waals surface area contributed by atoms with E-state index in [0.717, 1.165) is 6.07 Å². The Kier molecular flexibility index (Phi) is 9.00. The first kappa shape index (κ1) is 27.3. The summed E-state index contributed by atoms with van der Waals surface area (Å²) in [6.45, 7) is 3.46. The minimum atomic E-state index is -1.08. The number of carbonyl (C=O) groups excluding carboxylic acids is 1. The lowest BCUT2D eigenvalue weighted by atomic mass is 9.95. The number of carbonyl (C=O) groups is 2. The van der Waals surface area contributed by atoms with Crippen LogP contribution in [0.1, 0.15) is 36.4 Å². The monoisotopic (exact) mass is 598 g/mol. The molecular formula is C24H25BrF2N4O5S. The van der Waals surface area contributed by atoms with Gasteiger partial charge in [0, 0.05) is 43.3 Å². The summed E-state index contributed by atoms with van der Waals surface area (Å²) in [5, 5.41) is 14.6. The molecule has 0 spiro atoms. The molecule has 2 atom stereocenters. The number of aliphatic imine (C=N–C) groups is 1. The zero-order chi connectivity index (χ0) is 26.5. The number of halogens is 3. The number of nitrogens with zero attached hydrogens (tertiary/aromatic N) is 3. The Morgan fingerprint density at radius 1 is 1.38 bits per heavy atom. The second-order valence-electron chi connectivity index (χ2n) is 8.38. The number of rotatable bonds is 9. The summed E-state index contributed by atoms with van der Waals surface area (Å²) < 4.78 is 39.4. The Morgan fingerprint density at radius 3 is 2.89 bits per heavy atom. The maximum atomic E-state index is 14.5. The maximum absolute atomic E-state index is 14.5. The van der Waals surface area contributed by atoms with Crippen LogP contribution in [0, 0.1) is 11.6 Å². The molecule has 0 saturated carbocycles. The van der Waals surface area contributed by atoms with E-state index in [2.05, 4.69) is 31.2 Å². The van der Waals surface area contributed by atoms with Crippen LogP contribution in [0.4, 0.5) is 8.78 Å². The van der Waals surface area contributed by atoms with Crippen molar-refractivity contribution in [1.29, 1.82) is 0 Å². The molecule has 2 aromatic rings. The summed E-state index contributed by atoms with van der Waals surface area (Å²) in [5.74, 6) is -3.26. The van der Waals surface area contributed by atoms with Gasteiger partial charge in [-0.15, -0.1) is 11.3 Å². The highest BCUT2D eigenvalue weighted by atomic mass is 79.9. The van der Waals surface area contributed by atoms with Gasteiger partial charge in [0.05, 0.1) is 29.4 Å². The molecule has 1 saturated heterocycles. The van der Waals surface area contributed by atoms with Crippen LogP contribution in [0.15, 0.2) is 44.4 Å². The van der Waals surface area contributed by atoms with Gasteiger partial charge in [0.1, 0.15) is 6.04 Å². The van der Waals surface area contributed by atoms with Crippen molar-refractivity contribution >= 4 is 45.0 Å². The van der Waals surface area contributed by atoms with Gasteiger partial charge >= 0.3 is 11.9 Å². The van der Waals surface area contributed by atoms with Crippen LogP contribution in [0.25, 0.3) is 0 Å². The number of morpholine rings is 1. The number of nitrogens with one attached hydrogen (secondary N) is 1. The van der Waals surface area contributed by atoms with E-state index in [9.17, 15) is 18.4 Å². The highest BCUT2D eigenvalue weighted by molar-refractivity contribution is 9.10. The van der Waals surface area contributed by atoms with Crippen LogP contribution in [-0.2, 0) is 19.1 Å². The van der Waals surface area contributed by atoms with Gasteiger partial charge in [-0.2, -0.15) is 0 Å². The smallest absolute Gasteiger partial charge is 0.338 e. The highest BCUT2D eigenvalue weighted by Crippen LogP contribution is 2.38. The third-order valence-corrected chi connectivity index (χ3v) is 7.49. The van der Waals surface area contributed by atoms with Gasteiger partial charge in [0.15, 0.2) is 22.5 Å². The van der Waals surface area contributed by atoms with E-state index in [-0.39, 0.29) is 41.3 Å². The minimum Gasteiger partial charge on any atom is -0.481 e. The van der Waals surface area contributed by atoms with Gasteiger partial charge < -0.3 is 19.9 Å². The van der Waals surface area contributed by atoms with E-state index in [1.165, 1.54) is 17.4 Å². The van der Waals surface area contributed by atoms with Crippen LogP contribution in [0.5, 0.6) is 0 Å². The predicted octanol–water partition coefficient (Wildman–Crippen LogP) is 3.66. The molecule has 1 fully saturated rings. The molecule has 0 radical (unpaired) electrons. The van der Waals surface area contributed by atoms with Crippen molar-refractivity contribution in [3.8, 4) is 0 Å². The summed E-state index contributed by atoms with van der Waals surface area (Å²) in [7, 11) is 0. The number of thiazole rings is 1. The zero-order valence-corrected chi connectivity index (χ0v) is 22.3. The Labute approximate surface area is 224 Å². The topological polar surface area (TPSA) is 113 Å². The Hall–Kier alpha value is -2.74. The summed E-state index contributed by atoms with van der Waals surface area (Å²) >= 11 is 4.47. The maximum Gasteiger partial charge on any atom is 0.338 e. The second-order valence-corrected chi connectivity index (χ2v) is 10.1. The number of carboxylic acids is 1. The predicted molar refractivity (Wildman–Crippen MR) is 135 cm³/mol. The van der Waals surface area contributed by atoms with Crippen molar-refractivity contribution in [2.75, 3.05) is 32.8 Å². The molecule has 0 bridgehead atoms. The normalized spacial score (nSPS) is 20.4. The fourth-order valence-electron chi connectivity index (χ4n) is 4.20. The number of carboxylic acid groups (broad SMARTS) is 1. The molecule has 0 amide bonds. The first-order valence-electron chi connectivity index (χ1n) is 11.6. The van der Waals surface area contributed by atoms with E-state index < -0.39 is 29.6 Å². The summed E-state index contributed by atoms with van der Waals surface area (Å²) in [4.78, 5) is 35.3. The third kappa shape index (κ3) is 6.40. The van der Waals surface area contributed by atoms with Gasteiger partial charge in [-0.05, 0) is 40.9 Å². The van der Waals surface area contributed by atoms with Gasteiger partial charge in [0.2, 0.25) is 0 Å². The standard InChI is InChI=1S/C24H25BrF2N4O5S/c1-2-35-24(34)18-16(12-31-8-9-36-13(11-31)3-6-17(32)33)29-22(23-28-7-10-37-23)30-21(18)14-4-5-15(26)20(27)19(14)25/h4-5,7,10,13,21H,2-3,6,8-9,11-12H2,1H3,(H,29,30)(H,32,33)/t13-,21+/m1/s1. The van der Waals surface area contributed by atoms with Crippen molar-refractivity contribution in [2.45, 2.75) is 31.9 Å². The molecule has 2 aliphatic heterocycles. The molecule has 2 N–H and O–H groups in total. The Bertz CT molecular complexity index is 1220. The first-order chi connectivity index (χ1) is 17.8. The quantitative estimate of drug-likeness (QED) is 0.332. The van der Waals surface area contributed by atoms with Crippen LogP contribution in [0.2, 0.25) is 0 Å². The van der Waals surface area contributed by atoms with Crippen molar-refractivity contribution in [2.24, 2.45) is 4.99 Å². The van der Waals surface area contributed by atoms with Crippen LogP contribution < -0.4 is 5.32 Å². The minimum absolute atomic E-state index is 0.0133. The molecule has 1 aromatic heterocycles. The number of ether oxygens (including phenoxy) is 2. The van der Waals surface area contributed by atoms with E-state index in [1.807, 2.05) is 4.90 Å². The second kappa shape index (κ2) is 12.2. The average Bonchev–Trinajstić information content (AvgIpc) is 3.41. The fraction of sp³-hybridized carbons (Fsp3) is 0.417. The number of benzene rings is 1. The summed E-state index contributed by atoms with van der Waals surface area (Å²) in [6, 6.07) is 1.38. The average molecular weight is 599 g/mol. The number of amidine groups is 1. The SMILES string of the molecule is CCOC(=O)C1=C(CN2CCO[C@H](CCC(=O)O)C2)NC(c2nccs2)=N[C@H]1c1ccc(F)c(F)c1Br. The number of aromatic nitrogens is 1. The van der Waals surface area contributed by atoms with Crippen LogP contribution in [-0.4, -0.2) is 71.7 Å². The first-order valence-corrected chi connectivity index (χ1v) is 13.3. The molecule has 9 nitrogen and oxygen atoms in total. The third-order valence-electron chi connectivity index (χ3n) is 5.90. The molecule has 0 aliphatic carbocycles. The molecule has 1 aromatic carbocycles. The van der Waals surface area contributed by atoms with E-state index in [0.29, 0.717) is 42.7 Å². The highest BCUT2D eigenvalue weighted by Gasteiger charge is 2.36. The molecule has 4 rings (SSSR count). The van der Waals surface area contributed by atoms with Gasteiger partial charge in [-0.3, -0.25) is 14.7 Å². The van der Waals surface area contributed by atoms with E-state index in [4.69, 9.17) is 14.6 Å². The Morgan fingerprint density at radius 2 is 2.19 bits per heavy atom. The molecule has 2 aliphatic rings. The lowest BCUT2D eigenvalue weighted by Crippen LogP contribution is -2.46. The van der Waals surface area contributed by atoms with Crippen LogP contribution >= 0.6 is 27.3 Å². The van der Waals surface area contributed by atoms with Gasteiger partial charge in [-0.25, -0.2) is 18.6 Å². The van der Waals surface area contributed by atoms with Crippen molar-refractivity contribution < 1.29 is 33.0 Å². The van der Waals surface area contributed by atoms with E-state index >= 15 is 0 Å². The molecule has 37 heavy (non-hydrogen) atoms. The van der Waals surface area contributed by atoms with E-state index in [1.54, 1.807) is 18.5 Å². The molecule has 198 valence electrons. The largest absolute Gasteiger partial charge is 0.481 e. The summed E-state index contributed by atoms with van der Waals surface area (Å²) in [6.07, 6.45) is 1.69. The molecule has 0 unspecified atom stereocenters. The number of esters is 1. The summed E-state index contributed by atoms with van der Waals surface area (Å²) in [5.41, 5.74) is 0.915. The number of hydrogen-bond acceptors (Lipinski definition) is 9. The molecule has 3 heterocycles. The van der Waals surface area contributed by atoms with Crippen molar-refractivity contribution in [1.82, 2.24) is 15.2 Å².